The standard InChI is InChI=1S/C20H21ClN2O2/c21-17-10-5-4-9-16(17)19(25)22-13-18(24)23-14-20(11-6-12-20)15-7-2-1-3-8-15/h1-5,7-10H,6,11-14H2,(H,22,25)(H,23,24). The molecule has 130 valence electrons. The zero-order valence-corrected chi connectivity index (χ0v) is 14.7. The molecule has 0 unspecified atom stereocenters. The van der Waals surface area contributed by atoms with Crippen LogP contribution in [0.5, 0.6) is 0 Å². The molecule has 0 atom stereocenters. The van der Waals surface area contributed by atoms with E-state index in [4.69, 9.17) is 11.6 Å². The number of rotatable bonds is 6. The second-order valence-electron chi connectivity index (χ2n) is 6.44. The van der Waals surface area contributed by atoms with E-state index < -0.39 is 0 Å². The molecule has 0 spiro atoms. The van der Waals surface area contributed by atoms with Gasteiger partial charge in [0.1, 0.15) is 0 Å². The van der Waals surface area contributed by atoms with E-state index >= 15 is 0 Å². The third-order valence-electron chi connectivity index (χ3n) is 4.85. The Balaban J connectivity index is 1.51. The van der Waals surface area contributed by atoms with Crippen LogP contribution in [0.1, 0.15) is 35.2 Å². The Kier molecular flexibility index (Phi) is 5.39. The van der Waals surface area contributed by atoms with Crippen LogP contribution >= 0.6 is 11.6 Å². The van der Waals surface area contributed by atoms with Crippen LogP contribution in [0.15, 0.2) is 54.6 Å². The Labute approximate surface area is 152 Å². The lowest BCUT2D eigenvalue weighted by Gasteiger charge is -2.42. The number of carbonyl (C=O) groups excluding carboxylic acids is 2. The summed E-state index contributed by atoms with van der Waals surface area (Å²) in [4.78, 5) is 24.2. The second-order valence-corrected chi connectivity index (χ2v) is 6.85. The summed E-state index contributed by atoms with van der Waals surface area (Å²) in [7, 11) is 0. The number of benzene rings is 2. The van der Waals surface area contributed by atoms with Gasteiger partial charge in [-0.05, 0) is 30.5 Å². The van der Waals surface area contributed by atoms with Gasteiger partial charge in [-0.3, -0.25) is 9.59 Å². The first kappa shape index (κ1) is 17.5. The van der Waals surface area contributed by atoms with Crippen molar-refractivity contribution in [3.8, 4) is 0 Å². The monoisotopic (exact) mass is 356 g/mol. The van der Waals surface area contributed by atoms with Gasteiger partial charge in [-0.25, -0.2) is 0 Å². The first-order valence-electron chi connectivity index (χ1n) is 8.46. The van der Waals surface area contributed by atoms with Crippen molar-refractivity contribution in [3.05, 3.63) is 70.7 Å². The third-order valence-corrected chi connectivity index (χ3v) is 5.18. The molecule has 0 radical (unpaired) electrons. The van der Waals surface area contributed by atoms with Crippen molar-refractivity contribution in [1.29, 1.82) is 0 Å². The Morgan fingerprint density at radius 3 is 2.28 bits per heavy atom. The summed E-state index contributed by atoms with van der Waals surface area (Å²) in [6, 6.07) is 17.1. The summed E-state index contributed by atoms with van der Waals surface area (Å²) in [5, 5.41) is 5.95. The first-order valence-corrected chi connectivity index (χ1v) is 8.83. The molecule has 2 aromatic rings. The average molecular weight is 357 g/mol. The summed E-state index contributed by atoms with van der Waals surface area (Å²) in [5.41, 5.74) is 1.67. The fourth-order valence-electron chi connectivity index (χ4n) is 3.19. The largest absolute Gasteiger partial charge is 0.354 e. The van der Waals surface area contributed by atoms with Crippen LogP contribution in [0.25, 0.3) is 0 Å². The van der Waals surface area contributed by atoms with Gasteiger partial charge < -0.3 is 10.6 Å². The Hall–Kier alpha value is -2.33. The summed E-state index contributed by atoms with van der Waals surface area (Å²) < 4.78 is 0. The predicted molar refractivity (Wildman–Crippen MR) is 98.8 cm³/mol. The number of nitrogens with one attached hydrogen (secondary N) is 2. The number of halogens is 1. The highest BCUT2D eigenvalue weighted by Gasteiger charge is 2.38. The van der Waals surface area contributed by atoms with Gasteiger partial charge in [-0.2, -0.15) is 0 Å². The van der Waals surface area contributed by atoms with Crippen LogP contribution in [0.3, 0.4) is 0 Å². The molecule has 1 fully saturated rings. The van der Waals surface area contributed by atoms with Crippen molar-refractivity contribution in [3.63, 3.8) is 0 Å². The van der Waals surface area contributed by atoms with E-state index in [1.807, 2.05) is 18.2 Å². The SMILES string of the molecule is O=C(CNC(=O)c1ccccc1Cl)NCC1(c2ccccc2)CCC1. The van der Waals surface area contributed by atoms with Crippen molar-refractivity contribution in [2.75, 3.05) is 13.1 Å². The number of carbonyl (C=O) groups is 2. The van der Waals surface area contributed by atoms with E-state index in [-0.39, 0.29) is 23.8 Å². The highest BCUT2D eigenvalue weighted by molar-refractivity contribution is 6.33. The van der Waals surface area contributed by atoms with E-state index in [0.29, 0.717) is 17.1 Å². The summed E-state index contributed by atoms with van der Waals surface area (Å²) >= 11 is 5.99. The quantitative estimate of drug-likeness (QED) is 0.834. The number of amides is 2. The smallest absolute Gasteiger partial charge is 0.253 e. The van der Waals surface area contributed by atoms with E-state index in [1.165, 1.54) is 12.0 Å². The molecule has 4 nitrogen and oxygen atoms in total. The molecule has 2 amide bonds. The maximum atomic E-state index is 12.1. The Morgan fingerprint density at radius 1 is 0.960 bits per heavy atom. The van der Waals surface area contributed by atoms with Gasteiger partial charge >= 0.3 is 0 Å². The van der Waals surface area contributed by atoms with E-state index in [0.717, 1.165) is 12.8 Å². The number of hydrogen-bond acceptors (Lipinski definition) is 2. The minimum absolute atomic E-state index is 0.0314. The van der Waals surface area contributed by atoms with Crippen LogP contribution in [-0.4, -0.2) is 24.9 Å². The van der Waals surface area contributed by atoms with Gasteiger partial charge in [0.05, 0.1) is 17.1 Å². The molecule has 1 aliphatic carbocycles. The lowest BCUT2D eigenvalue weighted by molar-refractivity contribution is -0.120. The fourth-order valence-corrected chi connectivity index (χ4v) is 3.42. The molecule has 0 aliphatic heterocycles. The van der Waals surface area contributed by atoms with Crippen molar-refractivity contribution in [1.82, 2.24) is 10.6 Å². The highest BCUT2D eigenvalue weighted by atomic mass is 35.5. The maximum absolute atomic E-state index is 12.1. The molecule has 3 rings (SSSR count). The van der Waals surface area contributed by atoms with Crippen molar-refractivity contribution < 1.29 is 9.59 Å². The zero-order valence-electron chi connectivity index (χ0n) is 13.9. The van der Waals surface area contributed by atoms with Gasteiger partial charge in [0.15, 0.2) is 0 Å². The van der Waals surface area contributed by atoms with Crippen LogP contribution in [0.2, 0.25) is 5.02 Å². The fraction of sp³-hybridized carbons (Fsp3) is 0.300. The third kappa shape index (κ3) is 4.02. The molecular weight excluding hydrogens is 336 g/mol. The lowest BCUT2D eigenvalue weighted by Crippen LogP contribution is -2.47. The van der Waals surface area contributed by atoms with E-state index in [2.05, 4.69) is 22.8 Å². The van der Waals surface area contributed by atoms with Gasteiger partial charge in [0.2, 0.25) is 5.91 Å². The van der Waals surface area contributed by atoms with Gasteiger partial charge in [-0.1, -0.05) is 60.5 Å². The molecular formula is C20H21ClN2O2. The lowest BCUT2D eigenvalue weighted by atomic mass is 9.64. The Morgan fingerprint density at radius 2 is 1.64 bits per heavy atom. The molecule has 0 aromatic heterocycles. The van der Waals surface area contributed by atoms with Crippen molar-refractivity contribution in [2.24, 2.45) is 0 Å². The highest BCUT2D eigenvalue weighted by Crippen LogP contribution is 2.43. The second kappa shape index (κ2) is 7.70. The molecule has 5 heteroatoms. The van der Waals surface area contributed by atoms with Crippen molar-refractivity contribution >= 4 is 23.4 Å². The summed E-state index contributed by atoms with van der Waals surface area (Å²) in [6.07, 6.45) is 3.32. The molecule has 2 aromatic carbocycles. The summed E-state index contributed by atoms with van der Waals surface area (Å²) in [6.45, 7) is 0.534. The first-order chi connectivity index (χ1) is 12.1. The Bertz CT molecular complexity index is 757. The molecule has 1 aliphatic rings. The van der Waals surface area contributed by atoms with Gasteiger partial charge in [-0.15, -0.1) is 0 Å². The van der Waals surface area contributed by atoms with Gasteiger partial charge in [0, 0.05) is 12.0 Å². The molecule has 1 saturated carbocycles. The average Bonchev–Trinajstić information content (AvgIpc) is 2.60. The van der Waals surface area contributed by atoms with Crippen LogP contribution < -0.4 is 10.6 Å². The zero-order chi connectivity index (χ0) is 17.7. The molecule has 0 bridgehead atoms. The molecule has 25 heavy (non-hydrogen) atoms. The van der Waals surface area contributed by atoms with Crippen LogP contribution in [-0.2, 0) is 10.2 Å². The molecule has 0 heterocycles. The topological polar surface area (TPSA) is 58.2 Å². The minimum Gasteiger partial charge on any atom is -0.354 e. The van der Waals surface area contributed by atoms with Gasteiger partial charge in [0.25, 0.3) is 5.91 Å². The summed E-state index contributed by atoms with van der Waals surface area (Å²) in [5.74, 6) is -0.537. The van der Waals surface area contributed by atoms with E-state index in [9.17, 15) is 9.59 Å². The van der Waals surface area contributed by atoms with Crippen LogP contribution in [0, 0.1) is 0 Å². The van der Waals surface area contributed by atoms with Crippen molar-refractivity contribution in [2.45, 2.75) is 24.7 Å². The van der Waals surface area contributed by atoms with E-state index in [1.54, 1.807) is 24.3 Å². The van der Waals surface area contributed by atoms with Crippen LogP contribution in [0.4, 0.5) is 0 Å². The normalized spacial score (nSPS) is 15.1. The number of hydrogen-bond donors (Lipinski definition) is 2. The molecule has 2 N–H and O–H groups in total. The minimum atomic E-state index is -0.345. The molecule has 0 saturated heterocycles. The maximum Gasteiger partial charge on any atom is 0.253 e. The predicted octanol–water partition coefficient (Wildman–Crippen LogP) is 3.31.